The molecule has 0 unspecified atom stereocenters. The molecule has 0 saturated carbocycles. The molecule has 0 aliphatic carbocycles. The number of unbranched alkanes of at least 4 members (excludes halogenated alkanes) is 1. The van der Waals surface area contributed by atoms with Gasteiger partial charge in [-0.15, -0.1) is 5.10 Å². The number of rotatable bonds is 8. The van der Waals surface area contributed by atoms with E-state index in [4.69, 9.17) is 10.5 Å². The molecule has 2 atom stereocenters. The van der Waals surface area contributed by atoms with Crippen LogP contribution >= 0.6 is 0 Å². The first-order valence-electron chi connectivity index (χ1n) is 10.7. The molecule has 0 fully saturated rings. The number of hydrogen-bond acceptors (Lipinski definition) is 7. The predicted molar refractivity (Wildman–Crippen MR) is 118 cm³/mol. The number of tetrazole rings is 1. The van der Waals surface area contributed by atoms with Crippen LogP contribution in [-0.2, 0) is 16.0 Å². The van der Waals surface area contributed by atoms with Crippen LogP contribution in [0.5, 0.6) is 0 Å². The molecule has 0 bridgehead atoms. The number of ether oxygens (including phenoxy) is 1. The van der Waals surface area contributed by atoms with E-state index in [1.807, 2.05) is 52.0 Å². The Morgan fingerprint density at radius 2 is 1.97 bits per heavy atom. The van der Waals surface area contributed by atoms with E-state index in [9.17, 15) is 14.7 Å². The summed E-state index contributed by atoms with van der Waals surface area (Å²) >= 11 is 0. The van der Waals surface area contributed by atoms with Gasteiger partial charge < -0.3 is 15.6 Å². The number of carbonyl (C=O) groups excluding carboxylic acids is 1. The Morgan fingerprint density at radius 3 is 2.62 bits per heavy atom. The van der Waals surface area contributed by atoms with E-state index in [0.29, 0.717) is 24.2 Å². The van der Waals surface area contributed by atoms with Crippen LogP contribution < -0.4 is 5.73 Å². The highest BCUT2D eigenvalue weighted by Crippen LogP contribution is 2.27. The molecule has 0 aliphatic heterocycles. The standard InChI is InChI=1S/C22H30N6O4/c1-5-6-10-18(20(29)30)28-19(24-25-26-28)16(23)12-14-13-27(21(31)32-22(2,3)4)17-11-8-7-9-15(14)17/h7-9,11,13,16,18H,5-6,10,12,23H2,1-4H3,(H,29,30)/t16-,18-/m0/s1. The fraction of sp³-hybridized carbons (Fsp3) is 0.500. The number of aromatic nitrogens is 5. The number of hydrogen-bond donors (Lipinski definition) is 2. The Labute approximate surface area is 186 Å². The summed E-state index contributed by atoms with van der Waals surface area (Å²) in [5.74, 6) is -0.705. The molecule has 0 saturated heterocycles. The van der Waals surface area contributed by atoms with Gasteiger partial charge in [0, 0.05) is 11.6 Å². The molecule has 2 aromatic heterocycles. The Kier molecular flexibility index (Phi) is 6.93. The van der Waals surface area contributed by atoms with Crippen LogP contribution in [0.4, 0.5) is 4.79 Å². The highest BCUT2D eigenvalue weighted by atomic mass is 16.6. The van der Waals surface area contributed by atoms with Crippen molar-refractivity contribution in [3.05, 3.63) is 41.9 Å². The first kappa shape index (κ1) is 23.4. The molecule has 172 valence electrons. The maximum absolute atomic E-state index is 12.7. The smallest absolute Gasteiger partial charge is 0.419 e. The Hall–Kier alpha value is -3.27. The van der Waals surface area contributed by atoms with Gasteiger partial charge in [-0.05, 0) is 55.7 Å². The quantitative estimate of drug-likeness (QED) is 0.541. The fourth-order valence-electron chi connectivity index (χ4n) is 3.62. The molecule has 0 amide bonds. The highest BCUT2D eigenvalue weighted by Gasteiger charge is 2.28. The van der Waals surface area contributed by atoms with Crippen molar-refractivity contribution < 1.29 is 19.4 Å². The van der Waals surface area contributed by atoms with Gasteiger partial charge in [0.25, 0.3) is 0 Å². The van der Waals surface area contributed by atoms with Crippen LogP contribution in [0, 0.1) is 0 Å². The van der Waals surface area contributed by atoms with Crippen LogP contribution in [0.15, 0.2) is 30.5 Å². The van der Waals surface area contributed by atoms with Crippen LogP contribution in [0.3, 0.4) is 0 Å². The molecule has 1 aromatic carbocycles. The molecule has 0 radical (unpaired) electrons. The number of nitrogens with two attached hydrogens (primary N) is 1. The molecule has 0 spiro atoms. The van der Waals surface area contributed by atoms with Crippen molar-refractivity contribution in [3.8, 4) is 0 Å². The Morgan fingerprint density at radius 1 is 1.25 bits per heavy atom. The van der Waals surface area contributed by atoms with Gasteiger partial charge in [0.1, 0.15) is 5.60 Å². The lowest BCUT2D eigenvalue weighted by Crippen LogP contribution is -2.27. The monoisotopic (exact) mass is 442 g/mol. The normalized spacial score (nSPS) is 13.8. The minimum atomic E-state index is -0.999. The number of carboxylic acids is 1. The Balaban J connectivity index is 1.92. The maximum Gasteiger partial charge on any atom is 0.419 e. The van der Waals surface area contributed by atoms with Gasteiger partial charge in [-0.3, -0.25) is 4.57 Å². The van der Waals surface area contributed by atoms with Gasteiger partial charge in [0.15, 0.2) is 11.9 Å². The molecule has 0 aliphatic rings. The summed E-state index contributed by atoms with van der Waals surface area (Å²) in [6, 6.07) is 5.93. The van der Waals surface area contributed by atoms with E-state index < -0.39 is 29.7 Å². The van der Waals surface area contributed by atoms with Crippen molar-refractivity contribution in [3.63, 3.8) is 0 Å². The first-order valence-corrected chi connectivity index (χ1v) is 10.7. The van der Waals surface area contributed by atoms with Gasteiger partial charge in [0.2, 0.25) is 0 Å². The average molecular weight is 443 g/mol. The minimum Gasteiger partial charge on any atom is -0.480 e. The lowest BCUT2D eigenvalue weighted by atomic mass is 10.0. The van der Waals surface area contributed by atoms with Gasteiger partial charge in [-0.25, -0.2) is 14.3 Å². The van der Waals surface area contributed by atoms with Crippen molar-refractivity contribution in [2.45, 2.75) is 71.1 Å². The third kappa shape index (κ3) is 5.13. The van der Waals surface area contributed by atoms with Crippen molar-refractivity contribution in [2.24, 2.45) is 5.73 Å². The van der Waals surface area contributed by atoms with Gasteiger partial charge in [-0.2, -0.15) is 0 Å². The number of nitrogens with zero attached hydrogens (tertiary/aromatic N) is 5. The molecule has 3 aromatic rings. The third-order valence-electron chi connectivity index (χ3n) is 5.09. The molecule has 3 rings (SSSR count). The maximum atomic E-state index is 12.7. The van der Waals surface area contributed by atoms with E-state index in [2.05, 4.69) is 15.5 Å². The van der Waals surface area contributed by atoms with Crippen LogP contribution in [0.1, 0.15) is 70.4 Å². The molecule has 2 heterocycles. The summed E-state index contributed by atoms with van der Waals surface area (Å²) in [5.41, 5.74) is 7.32. The van der Waals surface area contributed by atoms with Crippen molar-refractivity contribution in [2.75, 3.05) is 0 Å². The summed E-state index contributed by atoms with van der Waals surface area (Å²) in [6.07, 6.45) is 3.54. The molecular weight excluding hydrogens is 412 g/mol. The second-order valence-corrected chi connectivity index (χ2v) is 8.81. The topological polar surface area (TPSA) is 138 Å². The van der Waals surface area contributed by atoms with E-state index in [0.717, 1.165) is 23.8 Å². The van der Waals surface area contributed by atoms with E-state index in [-0.39, 0.29) is 0 Å². The summed E-state index contributed by atoms with van der Waals surface area (Å²) in [4.78, 5) is 24.5. The molecule has 10 nitrogen and oxygen atoms in total. The third-order valence-corrected chi connectivity index (χ3v) is 5.09. The fourth-order valence-corrected chi connectivity index (χ4v) is 3.62. The van der Waals surface area contributed by atoms with Crippen molar-refractivity contribution in [1.29, 1.82) is 0 Å². The zero-order valence-electron chi connectivity index (χ0n) is 18.9. The van der Waals surface area contributed by atoms with Gasteiger partial charge >= 0.3 is 12.1 Å². The number of carboxylic acid groups (broad SMARTS) is 1. The first-order chi connectivity index (χ1) is 15.1. The van der Waals surface area contributed by atoms with Crippen molar-refractivity contribution >= 4 is 23.0 Å². The summed E-state index contributed by atoms with van der Waals surface area (Å²) in [7, 11) is 0. The number of carbonyl (C=O) groups is 2. The second kappa shape index (κ2) is 9.47. The van der Waals surface area contributed by atoms with Gasteiger partial charge in [0.05, 0.1) is 11.6 Å². The second-order valence-electron chi connectivity index (χ2n) is 8.81. The number of aliphatic carboxylic acids is 1. The van der Waals surface area contributed by atoms with E-state index in [1.165, 1.54) is 9.25 Å². The molecule has 3 N–H and O–H groups in total. The lowest BCUT2D eigenvalue weighted by Gasteiger charge is -2.19. The lowest BCUT2D eigenvalue weighted by molar-refractivity contribution is -0.141. The Bertz CT molecular complexity index is 1100. The van der Waals surface area contributed by atoms with Crippen molar-refractivity contribution in [1.82, 2.24) is 24.8 Å². The van der Waals surface area contributed by atoms with E-state index in [1.54, 1.807) is 6.20 Å². The van der Waals surface area contributed by atoms with E-state index >= 15 is 0 Å². The highest BCUT2D eigenvalue weighted by molar-refractivity contribution is 5.92. The largest absolute Gasteiger partial charge is 0.480 e. The summed E-state index contributed by atoms with van der Waals surface area (Å²) < 4.78 is 8.29. The number of benzene rings is 1. The average Bonchev–Trinajstić information content (AvgIpc) is 3.32. The summed E-state index contributed by atoms with van der Waals surface area (Å²) in [6.45, 7) is 7.42. The van der Waals surface area contributed by atoms with Crippen LogP contribution in [-0.4, -0.2) is 47.5 Å². The zero-order chi connectivity index (χ0) is 23.5. The van der Waals surface area contributed by atoms with Crippen LogP contribution in [0.25, 0.3) is 10.9 Å². The number of para-hydroxylation sites is 1. The molecule has 10 heteroatoms. The van der Waals surface area contributed by atoms with Crippen LogP contribution in [0.2, 0.25) is 0 Å². The van der Waals surface area contributed by atoms with Gasteiger partial charge in [-0.1, -0.05) is 38.0 Å². The summed E-state index contributed by atoms with van der Waals surface area (Å²) in [5, 5.41) is 22.1. The SMILES string of the molecule is CCCC[C@@H](C(=O)O)n1nnnc1[C@@H](N)Cc1cn(C(=O)OC(C)(C)C)c2ccccc12. The number of fused-ring (bicyclic) bond motifs is 1. The minimum absolute atomic E-state index is 0.294. The predicted octanol–water partition coefficient (Wildman–Crippen LogP) is 3.47. The molecular formula is C22H30N6O4. The zero-order valence-corrected chi connectivity index (χ0v) is 18.9. The molecule has 32 heavy (non-hydrogen) atoms.